The van der Waals surface area contributed by atoms with Crippen molar-refractivity contribution in [2.45, 2.75) is 18.7 Å². The average Bonchev–Trinajstić information content (AvgIpc) is 2.53. The van der Waals surface area contributed by atoms with E-state index >= 15 is 0 Å². The zero-order valence-electron chi connectivity index (χ0n) is 12.0. The van der Waals surface area contributed by atoms with Crippen molar-refractivity contribution in [2.24, 2.45) is 5.73 Å². The summed E-state index contributed by atoms with van der Waals surface area (Å²) < 4.78 is 17.6. The van der Waals surface area contributed by atoms with Gasteiger partial charge in [-0.3, -0.25) is 4.21 Å². The van der Waals surface area contributed by atoms with Gasteiger partial charge >= 0.3 is 0 Å². The Labute approximate surface area is 128 Å². The molecule has 0 fully saturated rings. The third-order valence-electron chi connectivity index (χ3n) is 3.09. The molecule has 0 saturated heterocycles. The second kappa shape index (κ2) is 8.60. The van der Waals surface area contributed by atoms with E-state index in [0.717, 1.165) is 23.3 Å². The highest BCUT2D eigenvalue weighted by molar-refractivity contribution is 7.84. The SMILES string of the molecule is NCc1cccc(OCCCS(=O)Cc2ccccc2)c1. The predicted octanol–water partition coefficient (Wildman–Crippen LogP) is 2.86. The van der Waals surface area contributed by atoms with E-state index in [1.165, 1.54) is 0 Å². The van der Waals surface area contributed by atoms with Crippen LogP contribution in [0.15, 0.2) is 54.6 Å². The smallest absolute Gasteiger partial charge is 0.119 e. The zero-order valence-corrected chi connectivity index (χ0v) is 12.9. The van der Waals surface area contributed by atoms with E-state index < -0.39 is 10.8 Å². The third-order valence-corrected chi connectivity index (χ3v) is 4.49. The van der Waals surface area contributed by atoms with Crippen molar-refractivity contribution in [3.05, 3.63) is 65.7 Å². The van der Waals surface area contributed by atoms with E-state index in [2.05, 4.69) is 0 Å². The molecular weight excluding hydrogens is 282 g/mol. The summed E-state index contributed by atoms with van der Waals surface area (Å²) in [4.78, 5) is 0. The van der Waals surface area contributed by atoms with Crippen molar-refractivity contribution in [2.75, 3.05) is 12.4 Å². The van der Waals surface area contributed by atoms with Gasteiger partial charge in [0.1, 0.15) is 5.75 Å². The molecule has 2 N–H and O–H groups in total. The Hall–Kier alpha value is -1.65. The fraction of sp³-hybridized carbons (Fsp3) is 0.294. The van der Waals surface area contributed by atoms with Crippen LogP contribution < -0.4 is 10.5 Å². The van der Waals surface area contributed by atoms with Crippen LogP contribution in [0.4, 0.5) is 0 Å². The van der Waals surface area contributed by atoms with Gasteiger partial charge in [-0.15, -0.1) is 0 Å². The topological polar surface area (TPSA) is 52.3 Å². The van der Waals surface area contributed by atoms with Crippen molar-refractivity contribution >= 4 is 10.8 Å². The first-order valence-corrected chi connectivity index (χ1v) is 8.57. The van der Waals surface area contributed by atoms with Crippen molar-refractivity contribution in [3.63, 3.8) is 0 Å². The van der Waals surface area contributed by atoms with Crippen LogP contribution in [0, 0.1) is 0 Å². The molecule has 21 heavy (non-hydrogen) atoms. The minimum atomic E-state index is -0.835. The van der Waals surface area contributed by atoms with Crippen molar-refractivity contribution < 1.29 is 8.95 Å². The monoisotopic (exact) mass is 303 g/mol. The molecule has 1 atom stereocenters. The zero-order chi connectivity index (χ0) is 14.9. The fourth-order valence-electron chi connectivity index (χ4n) is 2.00. The summed E-state index contributed by atoms with van der Waals surface area (Å²) in [5.41, 5.74) is 7.76. The predicted molar refractivity (Wildman–Crippen MR) is 87.6 cm³/mol. The summed E-state index contributed by atoms with van der Waals surface area (Å²) in [6.07, 6.45) is 0.784. The minimum absolute atomic E-state index is 0.512. The quantitative estimate of drug-likeness (QED) is 0.763. The van der Waals surface area contributed by atoms with Gasteiger partial charge in [0.2, 0.25) is 0 Å². The molecule has 0 bridgehead atoms. The summed E-state index contributed by atoms with van der Waals surface area (Å²) in [6, 6.07) is 17.7. The molecule has 3 nitrogen and oxygen atoms in total. The Balaban J connectivity index is 1.68. The summed E-state index contributed by atoms with van der Waals surface area (Å²) in [5.74, 6) is 2.10. The number of nitrogens with two attached hydrogens (primary N) is 1. The molecular formula is C17H21NO2S. The van der Waals surface area contributed by atoms with Crippen LogP contribution in [0.25, 0.3) is 0 Å². The van der Waals surface area contributed by atoms with Crippen LogP contribution in [0.3, 0.4) is 0 Å². The molecule has 0 aliphatic heterocycles. The maximum atomic E-state index is 12.0. The van der Waals surface area contributed by atoms with Gasteiger partial charge in [-0.05, 0) is 29.7 Å². The molecule has 0 spiro atoms. The first-order chi connectivity index (χ1) is 10.3. The first kappa shape index (κ1) is 15.7. The molecule has 0 heterocycles. The Morgan fingerprint density at radius 3 is 2.52 bits per heavy atom. The molecule has 0 radical (unpaired) electrons. The van der Waals surface area contributed by atoms with E-state index in [0.29, 0.717) is 24.7 Å². The van der Waals surface area contributed by atoms with Gasteiger partial charge < -0.3 is 10.5 Å². The van der Waals surface area contributed by atoms with Crippen LogP contribution >= 0.6 is 0 Å². The van der Waals surface area contributed by atoms with E-state index in [4.69, 9.17) is 10.5 Å². The van der Waals surface area contributed by atoms with Crippen molar-refractivity contribution in [1.82, 2.24) is 0 Å². The summed E-state index contributed by atoms with van der Waals surface area (Å²) in [7, 11) is -0.835. The molecule has 112 valence electrons. The van der Waals surface area contributed by atoms with E-state index in [-0.39, 0.29) is 0 Å². The summed E-state index contributed by atoms with van der Waals surface area (Å²) >= 11 is 0. The van der Waals surface area contributed by atoms with Crippen LogP contribution in [0.2, 0.25) is 0 Å². The lowest BCUT2D eigenvalue weighted by Crippen LogP contribution is -2.06. The molecule has 0 saturated carbocycles. The lowest BCUT2D eigenvalue weighted by Gasteiger charge is -2.07. The second-order valence-corrected chi connectivity index (χ2v) is 6.40. The molecule has 4 heteroatoms. The van der Waals surface area contributed by atoms with Gasteiger partial charge in [-0.2, -0.15) is 0 Å². The number of hydrogen-bond donors (Lipinski definition) is 1. The molecule has 1 unspecified atom stereocenters. The Morgan fingerprint density at radius 1 is 1.00 bits per heavy atom. The highest BCUT2D eigenvalue weighted by Gasteiger charge is 2.02. The van der Waals surface area contributed by atoms with E-state index in [1.54, 1.807) is 0 Å². The van der Waals surface area contributed by atoms with Crippen molar-refractivity contribution in [3.8, 4) is 5.75 Å². The molecule has 2 aromatic carbocycles. The minimum Gasteiger partial charge on any atom is -0.494 e. The van der Waals surface area contributed by atoms with Crippen LogP contribution in [0.5, 0.6) is 5.75 Å². The molecule has 0 aliphatic carbocycles. The second-order valence-electron chi connectivity index (χ2n) is 4.83. The van der Waals surface area contributed by atoms with Crippen LogP contribution in [-0.2, 0) is 23.1 Å². The normalized spacial score (nSPS) is 12.0. The maximum absolute atomic E-state index is 12.0. The number of rotatable bonds is 8. The Bertz CT molecular complexity index is 572. The van der Waals surface area contributed by atoms with Gasteiger partial charge in [0, 0.05) is 28.9 Å². The van der Waals surface area contributed by atoms with Gasteiger partial charge in [-0.1, -0.05) is 42.5 Å². The number of benzene rings is 2. The number of hydrogen-bond acceptors (Lipinski definition) is 3. The van der Waals surface area contributed by atoms with Gasteiger partial charge in [0.15, 0.2) is 0 Å². The van der Waals surface area contributed by atoms with Gasteiger partial charge in [-0.25, -0.2) is 0 Å². The molecule has 0 aliphatic rings. The molecule has 0 amide bonds. The maximum Gasteiger partial charge on any atom is 0.119 e. The Kier molecular flexibility index (Phi) is 6.44. The number of ether oxygens (including phenoxy) is 1. The van der Waals surface area contributed by atoms with E-state index in [9.17, 15) is 4.21 Å². The average molecular weight is 303 g/mol. The van der Waals surface area contributed by atoms with Crippen LogP contribution in [-0.4, -0.2) is 16.6 Å². The highest BCUT2D eigenvalue weighted by Crippen LogP contribution is 2.13. The fourth-order valence-corrected chi connectivity index (χ4v) is 3.15. The molecule has 2 aromatic rings. The molecule has 2 rings (SSSR count). The third kappa shape index (κ3) is 5.69. The highest BCUT2D eigenvalue weighted by atomic mass is 32.2. The van der Waals surface area contributed by atoms with Gasteiger partial charge in [0.25, 0.3) is 0 Å². The lowest BCUT2D eigenvalue weighted by molar-refractivity contribution is 0.318. The van der Waals surface area contributed by atoms with Gasteiger partial charge in [0.05, 0.1) is 6.61 Å². The largest absolute Gasteiger partial charge is 0.494 e. The Morgan fingerprint density at radius 2 is 1.76 bits per heavy atom. The first-order valence-electron chi connectivity index (χ1n) is 7.08. The summed E-state index contributed by atoms with van der Waals surface area (Å²) in [5, 5.41) is 0. The summed E-state index contributed by atoms with van der Waals surface area (Å²) in [6.45, 7) is 1.09. The lowest BCUT2D eigenvalue weighted by atomic mass is 10.2. The standard InChI is InChI=1S/C17H21NO2S/c18-13-16-8-4-9-17(12-16)20-10-5-11-21(19)14-15-6-2-1-3-7-15/h1-4,6-9,12H,5,10-11,13-14,18H2. The molecule has 0 aromatic heterocycles. The van der Waals surface area contributed by atoms with Crippen molar-refractivity contribution in [1.29, 1.82) is 0 Å². The van der Waals surface area contributed by atoms with Crippen LogP contribution in [0.1, 0.15) is 17.5 Å². The van der Waals surface area contributed by atoms with E-state index in [1.807, 2.05) is 54.6 Å².